The number of hydrogen-bond donors (Lipinski definition) is 2. The van der Waals surface area contributed by atoms with Crippen LogP contribution in [0.15, 0.2) is 60.6 Å². The molecule has 1 amide bonds. The Hall–Kier alpha value is -4.89. The number of anilines is 1. The summed E-state index contributed by atoms with van der Waals surface area (Å²) in [5.41, 5.74) is 12.1. The van der Waals surface area contributed by atoms with E-state index >= 15 is 4.39 Å². The lowest BCUT2D eigenvalue weighted by Gasteiger charge is -2.25. The molecule has 0 saturated carbocycles. The average molecular weight is 559 g/mol. The van der Waals surface area contributed by atoms with Crippen LogP contribution in [-0.2, 0) is 11.3 Å². The van der Waals surface area contributed by atoms with E-state index in [1.807, 2.05) is 0 Å². The molecule has 0 unspecified atom stereocenters. The number of benzene rings is 2. The molecular weight excluding hydrogens is 530 g/mol. The Morgan fingerprint density at radius 3 is 2.71 bits per heavy atom. The minimum Gasteiger partial charge on any atom is -0.457 e. The van der Waals surface area contributed by atoms with Crippen molar-refractivity contribution in [3.05, 3.63) is 83.6 Å². The molecule has 10 nitrogen and oxygen atoms in total. The van der Waals surface area contributed by atoms with Crippen LogP contribution in [0, 0.1) is 18.2 Å². The molecule has 41 heavy (non-hydrogen) atoms. The maximum absolute atomic E-state index is 15.4. The van der Waals surface area contributed by atoms with Gasteiger partial charge in [-0.15, -0.1) is 0 Å². The predicted molar refractivity (Wildman–Crippen MR) is 149 cm³/mol. The van der Waals surface area contributed by atoms with Crippen molar-refractivity contribution in [1.29, 1.82) is 0 Å². The average Bonchev–Trinajstić information content (AvgIpc) is 3.52. The quantitative estimate of drug-likeness (QED) is 0.249. The lowest BCUT2D eigenvalue weighted by molar-refractivity contribution is -0.127. The highest BCUT2D eigenvalue weighted by Gasteiger charge is 2.33. The smallest absolute Gasteiger partial charge is 0.252 e. The minimum absolute atomic E-state index is 0.0374. The van der Waals surface area contributed by atoms with E-state index < -0.39 is 23.1 Å². The van der Waals surface area contributed by atoms with Gasteiger partial charge in [-0.2, -0.15) is 5.10 Å². The topological polar surface area (TPSA) is 130 Å². The van der Waals surface area contributed by atoms with Crippen LogP contribution < -0.4 is 16.2 Å². The number of nitrogens with two attached hydrogens (primary N) is 2. The van der Waals surface area contributed by atoms with E-state index in [4.69, 9.17) is 22.8 Å². The van der Waals surface area contributed by atoms with Crippen molar-refractivity contribution in [3.63, 3.8) is 0 Å². The number of rotatable bonds is 7. The number of carbonyl (C=O) groups excluding carboxylic acids is 1. The van der Waals surface area contributed by atoms with E-state index in [0.29, 0.717) is 24.0 Å². The Labute approximate surface area is 235 Å². The maximum Gasteiger partial charge on any atom is 0.252 e. The van der Waals surface area contributed by atoms with Crippen molar-refractivity contribution >= 4 is 22.8 Å². The first-order valence-electron chi connectivity index (χ1n) is 12.9. The van der Waals surface area contributed by atoms with Gasteiger partial charge in [0.15, 0.2) is 5.65 Å². The zero-order valence-electron chi connectivity index (χ0n) is 22.5. The van der Waals surface area contributed by atoms with Crippen LogP contribution in [0.25, 0.3) is 27.1 Å². The van der Waals surface area contributed by atoms with Crippen LogP contribution in [0.1, 0.15) is 26.7 Å². The molecule has 2 aromatic heterocycles. The van der Waals surface area contributed by atoms with Crippen molar-refractivity contribution in [1.82, 2.24) is 24.6 Å². The van der Waals surface area contributed by atoms with Crippen molar-refractivity contribution in [2.75, 3.05) is 12.3 Å². The fourth-order valence-corrected chi connectivity index (χ4v) is 4.90. The molecule has 1 saturated heterocycles. The highest BCUT2D eigenvalue weighted by Crippen LogP contribution is 2.35. The van der Waals surface area contributed by atoms with Gasteiger partial charge in [-0.05, 0) is 51.0 Å². The van der Waals surface area contributed by atoms with Gasteiger partial charge in [-0.3, -0.25) is 4.79 Å². The summed E-state index contributed by atoms with van der Waals surface area (Å²) < 4.78 is 36.2. The molecule has 210 valence electrons. The Kier molecular flexibility index (Phi) is 7.38. The van der Waals surface area contributed by atoms with Gasteiger partial charge >= 0.3 is 0 Å². The van der Waals surface area contributed by atoms with E-state index in [1.54, 1.807) is 35.6 Å². The second-order valence-electron chi connectivity index (χ2n) is 10.4. The third-order valence-corrected chi connectivity index (χ3v) is 6.66. The molecule has 0 radical (unpaired) electrons. The van der Waals surface area contributed by atoms with Crippen molar-refractivity contribution in [2.45, 2.75) is 44.8 Å². The number of halogens is 2. The molecule has 1 aliphatic heterocycles. The largest absolute Gasteiger partial charge is 0.457 e. The van der Waals surface area contributed by atoms with Crippen LogP contribution in [-0.4, -0.2) is 48.7 Å². The number of nitrogens with zero attached hydrogens (tertiary/aromatic N) is 6. The Balaban J connectivity index is 1.47. The Morgan fingerprint density at radius 2 is 2.00 bits per heavy atom. The molecule has 1 atom stereocenters. The number of aromatic nitrogens is 4. The Morgan fingerprint density at radius 1 is 1.22 bits per heavy atom. The monoisotopic (exact) mass is 558 g/mol. The Bertz CT molecular complexity index is 1700. The zero-order chi connectivity index (χ0) is 29.3. The molecular formula is C29H28F2N8O2. The first-order chi connectivity index (χ1) is 19.5. The van der Waals surface area contributed by atoms with Gasteiger partial charge in [0, 0.05) is 29.8 Å². The molecule has 4 aromatic rings. The van der Waals surface area contributed by atoms with Gasteiger partial charge in [0.2, 0.25) is 5.70 Å². The second kappa shape index (κ2) is 10.9. The van der Waals surface area contributed by atoms with Gasteiger partial charge < -0.3 is 21.1 Å². The van der Waals surface area contributed by atoms with Gasteiger partial charge in [-0.25, -0.2) is 28.3 Å². The van der Waals surface area contributed by atoms with Crippen LogP contribution in [0.4, 0.5) is 14.6 Å². The van der Waals surface area contributed by atoms with Crippen LogP contribution >= 0.6 is 0 Å². The van der Waals surface area contributed by atoms with Crippen LogP contribution in [0.3, 0.4) is 0 Å². The summed E-state index contributed by atoms with van der Waals surface area (Å²) in [7, 11) is 0. The van der Waals surface area contributed by atoms with E-state index in [1.165, 1.54) is 42.7 Å². The van der Waals surface area contributed by atoms with Crippen molar-refractivity contribution < 1.29 is 18.3 Å². The van der Waals surface area contributed by atoms with Crippen molar-refractivity contribution in [2.24, 2.45) is 5.73 Å². The van der Waals surface area contributed by atoms with E-state index in [9.17, 15) is 9.18 Å². The fraction of sp³-hybridized carbons (Fsp3) is 0.276. The number of fused-ring (bicyclic) bond motifs is 1. The molecule has 0 bridgehead atoms. The van der Waals surface area contributed by atoms with E-state index in [2.05, 4.69) is 19.9 Å². The molecule has 1 fully saturated rings. The number of hydrogen-bond acceptors (Lipinski definition) is 7. The SMILES string of the molecule is [C-]#[N+]C(=CC(C)(C)N)C(=O)N1CCC[C@@H]1Cn1nc(-c2ccc(Oc3cccc(F)c3)cc2F)c2c(N)ncnc21. The van der Waals surface area contributed by atoms with Gasteiger partial charge in [0.05, 0.1) is 24.5 Å². The summed E-state index contributed by atoms with van der Waals surface area (Å²) >= 11 is 0. The van der Waals surface area contributed by atoms with E-state index in [-0.39, 0.29) is 46.9 Å². The first kappa shape index (κ1) is 27.7. The lowest BCUT2D eigenvalue weighted by atomic mass is 10.1. The van der Waals surface area contributed by atoms with Crippen molar-refractivity contribution in [3.8, 4) is 22.8 Å². The predicted octanol–water partition coefficient (Wildman–Crippen LogP) is 4.68. The first-order valence-corrected chi connectivity index (χ1v) is 12.9. The number of nitrogen functional groups attached to an aromatic ring is 1. The molecule has 3 heterocycles. The number of amides is 1. The maximum atomic E-state index is 15.4. The number of ether oxygens (including phenoxy) is 1. The molecule has 12 heteroatoms. The third kappa shape index (κ3) is 5.85. The van der Waals surface area contributed by atoms with Crippen LogP contribution in [0.2, 0.25) is 0 Å². The van der Waals surface area contributed by atoms with E-state index in [0.717, 1.165) is 6.42 Å². The van der Waals surface area contributed by atoms with Gasteiger partial charge in [0.25, 0.3) is 5.91 Å². The standard InChI is InChI=1S/C29H28F2N8O2/c1-29(2,33)14-23(34-3)28(40)38-11-5-7-18(38)15-39-27-24(26(32)35-16-36-27)25(37-39)21-10-9-20(13-22(21)31)41-19-8-4-6-17(30)12-19/h4,6,8-10,12-14,16,18H,5,7,11,15,33H2,1-2H3,(H2,32,35,36)/t18-/m1/s1. The zero-order valence-corrected chi connectivity index (χ0v) is 22.5. The minimum atomic E-state index is -0.825. The summed E-state index contributed by atoms with van der Waals surface area (Å²) in [5.74, 6) is -0.979. The third-order valence-electron chi connectivity index (χ3n) is 6.66. The normalized spacial score (nSPS) is 15.8. The highest BCUT2D eigenvalue weighted by atomic mass is 19.1. The molecule has 5 rings (SSSR count). The molecule has 0 aliphatic carbocycles. The summed E-state index contributed by atoms with van der Waals surface area (Å²) in [6.45, 7) is 11.7. The van der Waals surface area contributed by atoms with Gasteiger partial charge in [-0.1, -0.05) is 12.1 Å². The van der Waals surface area contributed by atoms with Crippen LogP contribution in [0.5, 0.6) is 11.5 Å². The molecule has 4 N–H and O–H groups in total. The second-order valence-corrected chi connectivity index (χ2v) is 10.4. The lowest BCUT2D eigenvalue weighted by Crippen LogP contribution is -2.40. The summed E-state index contributed by atoms with van der Waals surface area (Å²) in [4.78, 5) is 26.8. The molecule has 0 spiro atoms. The highest BCUT2D eigenvalue weighted by molar-refractivity contribution is 5.98. The molecule has 1 aliphatic rings. The fourth-order valence-electron chi connectivity index (χ4n) is 4.90. The number of carbonyl (C=O) groups is 1. The molecule has 2 aromatic carbocycles. The van der Waals surface area contributed by atoms with Gasteiger partial charge in [0.1, 0.15) is 41.0 Å². The summed E-state index contributed by atoms with van der Waals surface area (Å²) in [6, 6.07) is 9.47. The summed E-state index contributed by atoms with van der Waals surface area (Å²) in [5, 5.41) is 5.03. The summed E-state index contributed by atoms with van der Waals surface area (Å²) in [6.07, 6.45) is 4.20. The number of likely N-dealkylation sites (tertiary alicyclic amines) is 1.